The first-order chi connectivity index (χ1) is 8.72. The van der Waals surface area contributed by atoms with Crippen molar-refractivity contribution in [3.8, 4) is 0 Å². The van der Waals surface area contributed by atoms with Crippen LogP contribution >= 0.6 is 0 Å². The van der Waals surface area contributed by atoms with E-state index in [1.54, 1.807) is 0 Å². The van der Waals surface area contributed by atoms with Gasteiger partial charge in [0, 0.05) is 12.0 Å². The molecule has 0 saturated carbocycles. The molecular formula is C16H25NO. The summed E-state index contributed by atoms with van der Waals surface area (Å²) in [7, 11) is 0. The third-order valence-electron chi connectivity index (χ3n) is 4.37. The van der Waals surface area contributed by atoms with E-state index in [4.69, 9.17) is 0 Å². The average molecular weight is 247 g/mol. The minimum Gasteiger partial charge on any atom is -0.391 e. The van der Waals surface area contributed by atoms with Crippen LogP contribution in [0.25, 0.3) is 0 Å². The van der Waals surface area contributed by atoms with Gasteiger partial charge in [0.2, 0.25) is 0 Å². The quantitative estimate of drug-likeness (QED) is 0.857. The second-order valence-electron chi connectivity index (χ2n) is 5.55. The van der Waals surface area contributed by atoms with Gasteiger partial charge in [-0.25, -0.2) is 0 Å². The van der Waals surface area contributed by atoms with Gasteiger partial charge in [-0.05, 0) is 30.9 Å². The minimum absolute atomic E-state index is 0.194. The highest BCUT2D eigenvalue weighted by Crippen LogP contribution is 2.27. The summed E-state index contributed by atoms with van der Waals surface area (Å²) in [5.74, 6) is 0.966. The van der Waals surface area contributed by atoms with Crippen LogP contribution in [-0.2, 0) is 0 Å². The normalized spacial score (nSPS) is 27.7. The summed E-state index contributed by atoms with van der Waals surface area (Å²) in [5.41, 5.74) is 1.23. The van der Waals surface area contributed by atoms with E-state index in [-0.39, 0.29) is 18.1 Å². The molecule has 0 bridgehead atoms. The van der Waals surface area contributed by atoms with Gasteiger partial charge < -0.3 is 10.4 Å². The molecule has 1 aliphatic rings. The molecule has 0 aliphatic carbocycles. The summed E-state index contributed by atoms with van der Waals surface area (Å²) >= 11 is 0. The van der Waals surface area contributed by atoms with E-state index >= 15 is 0 Å². The standard InChI is InChI=1S/C16H25NO/c1-3-13-9-10-17-15(11-13)16(18)12(2)14-7-5-4-6-8-14/h4-8,12-13,15-18H,3,9-11H2,1-2H3. The summed E-state index contributed by atoms with van der Waals surface area (Å²) in [4.78, 5) is 0. The summed E-state index contributed by atoms with van der Waals surface area (Å²) in [6.45, 7) is 5.42. The molecule has 0 aromatic heterocycles. The molecule has 1 heterocycles. The molecule has 2 rings (SSSR count). The zero-order valence-electron chi connectivity index (χ0n) is 11.5. The molecule has 0 amide bonds. The van der Waals surface area contributed by atoms with Crippen molar-refractivity contribution in [2.24, 2.45) is 5.92 Å². The second-order valence-corrected chi connectivity index (χ2v) is 5.55. The van der Waals surface area contributed by atoms with Crippen LogP contribution in [0.5, 0.6) is 0 Å². The van der Waals surface area contributed by atoms with Gasteiger partial charge in [-0.1, -0.05) is 50.6 Å². The highest BCUT2D eigenvalue weighted by Gasteiger charge is 2.29. The maximum atomic E-state index is 10.5. The highest BCUT2D eigenvalue weighted by atomic mass is 16.3. The smallest absolute Gasteiger partial charge is 0.0758 e. The third-order valence-corrected chi connectivity index (χ3v) is 4.37. The van der Waals surface area contributed by atoms with Gasteiger partial charge in [-0.2, -0.15) is 0 Å². The van der Waals surface area contributed by atoms with Gasteiger partial charge in [0.25, 0.3) is 0 Å². The summed E-state index contributed by atoms with van der Waals surface area (Å²) < 4.78 is 0. The Kier molecular flexibility index (Phi) is 4.79. The van der Waals surface area contributed by atoms with E-state index < -0.39 is 0 Å². The maximum absolute atomic E-state index is 10.5. The van der Waals surface area contributed by atoms with Gasteiger partial charge in [-0.15, -0.1) is 0 Å². The van der Waals surface area contributed by atoms with Crippen molar-refractivity contribution in [2.75, 3.05) is 6.54 Å². The number of piperidine rings is 1. The van der Waals surface area contributed by atoms with Crippen LogP contribution < -0.4 is 5.32 Å². The zero-order valence-corrected chi connectivity index (χ0v) is 11.5. The summed E-state index contributed by atoms with van der Waals surface area (Å²) in [6, 6.07) is 10.6. The van der Waals surface area contributed by atoms with Crippen molar-refractivity contribution < 1.29 is 5.11 Å². The molecule has 1 aromatic rings. The predicted octanol–water partition coefficient (Wildman–Crippen LogP) is 2.93. The first-order valence-corrected chi connectivity index (χ1v) is 7.18. The van der Waals surface area contributed by atoms with E-state index in [1.807, 2.05) is 18.2 Å². The average Bonchev–Trinajstić information content (AvgIpc) is 2.46. The van der Waals surface area contributed by atoms with Crippen LogP contribution in [-0.4, -0.2) is 23.8 Å². The Labute approximate surface area is 110 Å². The van der Waals surface area contributed by atoms with Crippen LogP contribution in [0.2, 0.25) is 0 Å². The lowest BCUT2D eigenvalue weighted by Gasteiger charge is -2.35. The number of rotatable bonds is 4. The maximum Gasteiger partial charge on any atom is 0.0758 e. The third kappa shape index (κ3) is 3.12. The van der Waals surface area contributed by atoms with Gasteiger partial charge in [-0.3, -0.25) is 0 Å². The Morgan fingerprint density at radius 3 is 2.72 bits per heavy atom. The molecule has 4 atom stereocenters. The lowest BCUT2D eigenvalue weighted by Crippen LogP contribution is -2.47. The topological polar surface area (TPSA) is 32.3 Å². The van der Waals surface area contributed by atoms with Crippen LogP contribution in [0, 0.1) is 5.92 Å². The van der Waals surface area contributed by atoms with Crippen molar-refractivity contribution in [1.82, 2.24) is 5.32 Å². The van der Waals surface area contributed by atoms with Crippen LogP contribution in [0.3, 0.4) is 0 Å². The monoisotopic (exact) mass is 247 g/mol. The molecule has 0 spiro atoms. The van der Waals surface area contributed by atoms with E-state index in [9.17, 15) is 5.11 Å². The lowest BCUT2D eigenvalue weighted by molar-refractivity contribution is 0.0788. The number of benzene rings is 1. The van der Waals surface area contributed by atoms with Gasteiger partial charge in [0.15, 0.2) is 0 Å². The zero-order chi connectivity index (χ0) is 13.0. The number of hydrogen-bond acceptors (Lipinski definition) is 2. The molecule has 1 aliphatic heterocycles. The Bertz CT molecular complexity index is 351. The Morgan fingerprint density at radius 1 is 1.33 bits per heavy atom. The Balaban J connectivity index is 2.00. The molecule has 18 heavy (non-hydrogen) atoms. The number of aliphatic hydroxyl groups excluding tert-OH is 1. The highest BCUT2D eigenvalue weighted by molar-refractivity contribution is 5.20. The predicted molar refractivity (Wildman–Crippen MR) is 75.7 cm³/mol. The van der Waals surface area contributed by atoms with E-state index in [0.29, 0.717) is 0 Å². The lowest BCUT2D eigenvalue weighted by atomic mass is 9.82. The van der Waals surface area contributed by atoms with Crippen LogP contribution in [0.1, 0.15) is 44.6 Å². The van der Waals surface area contributed by atoms with E-state index in [0.717, 1.165) is 18.9 Å². The van der Waals surface area contributed by atoms with Crippen molar-refractivity contribution >= 4 is 0 Å². The van der Waals surface area contributed by atoms with Gasteiger partial charge >= 0.3 is 0 Å². The SMILES string of the molecule is CCC1CCNC(C(O)C(C)c2ccccc2)C1. The first-order valence-electron chi connectivity index (χ1n) is 7.18. The molecule has 1 aromatic carbocycles. The van der Waals surface area contributed by atoms with E-state index in [1.165, 1.54) is 18.4 Å². The van der Waals surface area contributed by atoms with Crippen LogP contribution in [0.15, 0.2) is 30.3 Å². The molecular weight excluding hydrogens is 222 g/mol. The number of hydrogen-bond donors (Lipinski definition) is 2. The van der Waals surface area contributed by atoms with Gasteiger partial charge in [0.05, 0.1) is 6.10 Å². The molecule has 4 unspecified atom stereocenters. The minimum atomic E-state index is -0.290. The molecule has 1 fully saturated rings. The summed E-state index contributed by atoms with van der Waals surface area (Å²) in [6.07, 6.45) is 3.29. The molecule has 100 valence electrons. The fourth-order valence-corrected chi connectivity index (χ4v) is 2.97. The molecule has 1 saturated heterocycles. The molecule has 2 N–H and O–H groups in total. The molecule has 2 heteroatoms. The van der Waals surface area contributed by atoms with Crippen molar-refractivity contribution in [3.05, 3.63) is 35.9 Å². The fourth-order valence-electron chi connectivity index (χ4n) is 2.97. The van der Waals surface area contributed by atoms with Crippen molar-refractivity contribution in [2.45, 2.75) is 51.2 Å². The first kappa shape index (κ1) is 13.6. The van der Waals surface area contributed by atoms with Gasteiger partial charge in [0.1, 0.15) is 0 Å². The Hall–Kier alpha value is -0.860. The fraction of sp³-hybridized carbons (Fsp3) is 0.625. The number of nitrogens with one attached hydrogen (secondary N) is 1. The largest absolute Gasteiger partial charge is 0.391 e. The summed E-state index contributed by atoms with van der Waals surface area (Å²) in [5, 5.41) is 14.0. The number of aliphatic hydroxyl groups is 1. The second kappa shape index (κ2) is 6.35. The van der Waals surface area contributed by atoms with Crippen LogP contribution in [0.4, 0.5) is 0 Å². The van der Waals surface area contributed by atoms with E-state index in [2.05, 4.69) is 31.3 Å². The Morgan fingerprint density at radius 2 is 2.06 bits per heavy atom. The molecule has 2 nitrogen and oxygen atoms in total. The molecule has 0 radical (unpaired) electrons. The van der Waals surface area contributed by atoms with Crippen molar-refractivity contribution in [3.63, 3.8) is 0 Å². The van der Waals surface area contributed by atoms with Crippen molar-refractivity contribution in [1.29, 1.82) is 0 Å².